The lowest BCUT2D eigenvalue weighted by Crippen LogP contribution is -2.41. The highest BCUT2D eigenvalue weighted by Gasteiger charge is 2.26. The highest BCUT2D eigenvalue weighted by atomic mass is 16.5. The van der Waals surface area contributed by atoms with Crippen molar-refractivity contribution in [3.63, 3.8) is 0 Å². The Morgan fingerprint density at radius 2 is 2.04 bits per heavy atom. The van der Waals surface area contributed by atoms with E-state index in [2.05, 4.69) is 42.8 Å². The van der Waals surface area contributed by atoms with E-state index in [1.807, 2.05) is 24.3 Å². The minimum Gasteiger partial charge on any atom is -0.497 e. The van der Waals surface area contributed by atoms with Crippen molar-refractivity contribution in [3.05, 3.63) is 24.3 Å². The Balaban J connectivity index is 1.90. The van der Waals surface area contributed by atoms with Crippen molar-refractivity contribution < 1.29 is 9.47 Å². The lowest BCUT2D eigenvalue weighted by Gasteiger charge is -2.24. The van der Waals surface area contributed by atoms with E-state index in [1.54, 1.807) is 7.11 Å². The van der Waals surface area contributed by atoms with Crippen molar-refractivity contribution in [1.82, 2.24) is 15.1 Å². The molecule has 2 atom stereocenters. The van der Waals surface area contributed by atoms with Gasteiger partial charge in [-0.3, -0.25) is 0 Å². The maximum atomic E-state index is 6.01. The van der Waals surface area contributed by atoms with E-state index in [9.17, 15) is 0 Å². The molecule has 1 aromatic rings. The van der Waals surface area contributed by atoms with Gasteiger partial charge in [0.1, 0.15) is 17.6 Å². The number of nitrogens with zero attached hydrogens (tertiary/aromatic N) is 3. The van der Waals surface area contributed by atoms with E-state index in [0.717, 1.165) is 50.2 Å². The van der Waals surface area contributed by atoms with Gasteiger partial charge in [-0.2, -0.15) is 0 Å². The summed E-state index contributed by atoms with van der Waals surface area (Å²) in [7, 11) is 1.67. The minimum atomic E-state index is -0.00478. The van der Waals surface area contributed by atoms with E-state index in [4.69, 9.17) is 14.5 Å². The van der Waals surface area contributed by atoms with E-state index in [1.165, 1.54) is 13.0 Å². The molecule has 2 rings (SSSR count). The van der Waals surface area contributed by atoms with Gasteiger partial charge in [-0.1, -0.05) is 19.9 Å². The Kier molecular flexibility index (Phi) is 9.41. The van der Waals surface area contributed by atoms with Gasteiger partial charge in [0.25, 0.3) is 0 Å². The van der Waals surface area contributed by atoms with E-state index in [-0.39, 0.29) is 6.10 Å². The summed E-state index contributed by atoms with van der Waals surface area (Å²) in [5, 5.41) is 3.45. The largest absolute Gasteiger partial charge is 0.497 e. The first-order valence-corrected chi connectivity index (χ1v) is 10.7. The fourth-order valence-electron chi connectivity index (χ4n) is 3.61. The second-order valence-corrected chi connectivity index (χ2v) is 7.39. The lowest BCUT2D eigenvalue weighted by atomic mass is 10.1. The molecular formula is C22H38N4O2. The van der Waals surface area contributed by atoms with Crippen LogP contribution in [0.3, 0.4) is 0 Å². The summed E-state index contributed by atoms with van der Waals surface area (Å²) in [6.45, 7) is 15.7. The maximum absolute atomic E-state index is 6.01. The molecule has 0 bridgehead atoms. The van der Waals surface area contributed by atoms with Gasteiger partial charge in [-0.15, -0.1) is 0 Å². The molecule has 0 saturated carbocycles. The summed E-state index contributed by atoms with van der Waals surface area (Å²) in [6.07, 6.45) is 1.23. The van der Waals surface area contributed by atoms with Gasteiger partial charge >= 0.3 is 0 Å². The fourth-order valence-corrected chi connectivity index (χ4v) is 3.61. The van der Waals surface area contributed by atoms with Gasteiger partial charge in [-0.05, 0) is 51.4 Å². The number of likely N-dealkylation sites (tertiary alicyclic amines) is 1. The van der Waals surface area contributed by atoms with Crippen LogP contribution in [0, 0.1) is 5.92 Å². The average molecular weight is 391 g/mol. The number of hydrogen-bond acceptors (Lipinski definition) is 4. The molecule has 158 valence electrons. The second-order valence-electron chi connectivity index (χ2n) is 7.39. The normalized spacial score (nSPS) is 18.4. The maximum Gasteiger partial charge on any atom is 0.194 e. The molecule has 0 amide bonds. The third-order valence-electron chi connectivity index (χ3n) is 5.21. The van der Waals surface area contributed by atoms with Crippen LogP contribution in [0.4, 0.5) is 0 Å². The van der Waals surface area contributed by atoms with Crippen LogP contribution in [-0.4, -0.2) is 74.8 Å². The first-order valence-electron chi connectivity index (χ1n) is 10.7. The monoisotopic (exact) mass is 390 g/mol. The first-order chi connectivity index (χ1) is 13.6. The van der Waals surface area contributed by atoms with Gasteiger partial charge in [-0.25, -0.2) is 4.99 Å². The fraction of sp³-hybridized carbons (Fsp3) is 0.682. The van der Waals surface area contributed by atoms with Crippen LogP contribution in [0.15, 0.2) is 29.3 Å². The molecule has 0 aromatic heterocycles. The molecule has 1 heterocycles. The number of benzene rings is 1. The van der Waals surface area contributed by atoms with Crippen LogP contribution < -0.4 is 14.8 Å². The molecular weight excluding hydrogens is 352 g/mol. The summed E-state index contributed by atoms with van der Waals surface area (Å²) < 4.78 is 11.3. The smallest absolute Gasteiger partial charge is 0.194 e. The second kappa shape index (κ2) is 11.8. The quantitative estimate of drug-likeness (QED) is 0.491. The average Bonchev–Trinajstić information content (AvgIpc) is 3.17. The van der Waals surface area contributed by atoms with Crippen LogP contribution in [0.5, 0.6) is 11.5 Å². The predicted molar refractivity (Wildman–Crippen MR) is 117 cm³/mol. The van der Waals surface area contributed by atoms with Gasteiger partial charge in [0.05, 0.1) is 13.7 Å². The van der Waals surface area contributed by atoms with Crippen LogP contribution in [-0.2, 0) is 0 Å². The van der Waals surface area contributed by atoms with E-state index < -0.39 is 0 Å². The van der Waals surface area contributed by atoms with Crippen molar-refractivity contribution in [2.75, 3.05) is 52.9 Å². The molecule has 0 spiro atoms. The SMILES string of the molecule is CCNC(=NCC(C)Oc1cccc(OC)c1)N1CCC(CN(CC)CC)C1. The zero-order valence-corrected chi connectivity index (χ0v) is 18.3. The predicted octanol–water partition coefficient (Wildman–Crippen LogP) is 3.09. The van der Waals surface area contributed by atoms with Crippen molar-refractivity contribution in [1.29, 1.82) is 0 Å². The number of guanidine groups is 1. The molecule has 1 aromatic carbocycles. The Morgan fingerprint density at radius 1 is 1.29 bits per heavy atom. The molecule has 28 heavy (non-hydrogen) atoms. The summed E-state index contributed by atoms with van der Waals surface area (Å²) in [5.41, 5.74) is 0. The standard InChI is InChI=1S/C22H38N4O2/c1-6-23-22(26-13-12-19(17-26)16-25(7-2)8-3)24-15-18(4)28-21-11-9-10-20(14-21)27-5/h9-11,14,18-19H,6-8,12-13,15-17H2,1-5H3,(H,23,24). The van der Waals surface area contributed by atoms with Gasteiger partial charge in [0.2, 0.25) is 0 Å². The third kappa shape index (κ3) is 6.89. The summed E-state index contributed by atoms with van der Waals surface area (Å²) in [4.78, 5) is 9.76. The Bertz CT molecular complexity index is 604. The van der Waals surface area contributed by atoms with E-state index >= 15 is 0 Å². The Hall–Kier alpha value is -1.95. The molecule has 1 aliphatic heterocycles. The molecule has 2 unspecified atom stereocenters. The summed E-state index contributed by atoms with van der Waals surface area (Å²) in [5.74, 6) is 3.34. The van der Waals surface area contributed by atoms with Gasteiger partial charge in [0, 0.05) is 32.2 Å². The van der Waals surface area contributed by atoms with Crippen LogP contribution >= 0.6 is 0 Å². The molecule has 1 N–H and O–H groups in total. The van der Waals surface area contributed by atoms with Crippen LogP contribution in [0.2, 0.25) is 0 Å². The van der Waals surface area contributed by atoms with E-state index in [0.29, 0.717) is 12.5 Å². The number of methoxy groups -OCH3 is 1. The highest BCUT2D eigenvalue weighted by Crippen LogP contribution is 2.20. The minimum absolute atomic E-state index is 0.00478. The number of nitrogens with one attached hydrogen (secondary N) is 1. The number of ether oxygens (including phenoxy) is 2. The number of hydrogen-bond donors (Lipinski definition) is 1. The highest BCUT2D eigenvalue weighted by molar-refractivity contribution is 5.80. The molecule has 1 saturated heterocycles. The van der Waals surface area contributed by atoms with Crippen LogP contribution in [0.1, 0.15) is 34.1 Å². The molecule has 0 aliphatic carbocycles. The number of aliphatic imine (C=N–C) groups is 1. The van der Waals surface area contributed by atoms with Crippen molar-refractivity contribution in [2.45, 2.75) is 40.2 Å². The van der Waals surface area contributed by atoms with Crippen molar-refractivity contribution in [3.8, 4) is 11.5 Å². The Labute approximate surface area is 170 Å². The van der Waals surface area contributed by atoms with Crippen molar-refractivity contribution in [2.24, 2.45) is 10.9 Å². The zero-order chi connectivity index (χ0) is 20.4. The van der Waals surface area contributed by atoms with Crippen LogP contribution in [0.25, 0.3) is 0 Å². The van der Waals surface area contributed by atoms with Crippen molar-refractivity contribution >= 4 is 5.96 Å². The first kappa shape index (κ1) is 22.3. The van der Waals surface area contributed by atoms with Gasteiger partial charge in [0.15, 0.2) is 5.96 Å². The zero-order valence-electron chi connectivity index (χ0n) is 18.3. The lowest BCUT2D eigenvalue weighted by molar-refractivity contribution is 0.228. The molecule has 6 heteroatoms. The molecule has 1 aliphatic rings. The molecule has 0 radical (unpaired) electrons. The molecule has 1 fully saturated rings. The number of rotatable bonds is 10. The van der Waals surface area contributed by atoms with Gasteiger partial charge < -0.3 is 24.6 Å². The third-order valence-corrected chi connectivity index (χ3v) is 5.21. The summed E-state index contributed by atoms with van der Waals surface area (Å²) >= 11 is 0. The topological polar surface area (TPSA) is 49.3 Å². The summed E-state index contributed by atoms with van der Waals surface area (Å²) in [6, 6.07) is 7.71. The Morgan fingerprint density at radius 3 is 2.71 bits per heavy atom. The molecule has 6 nitrogen and oxygen atoms in total.